The molecule has 9 N–H and O–H groups in total. The molecule has 0 aromatic rings. The third kappa shape index (κ3) is 4.61. The van der Waals surface area contributed by atoms with Gasteiger partial charge in [-0.25, -0.2) is 0 Å². The number of carboxylic acid groups (broad SMARTS) is 1. The van der Waals surface area contributed by atoms with Crippen LogP contribution in [0.15, 0.2) is 0 Å². The maximum Gasteiger partial charge on any atom is 0.303 e. The minimum absolute atomic E-state index is 0.0354. The van der Waals surface area contributed by atoms with Crippen molar-refractivity contribution in [3.8, 4) is 0 Å². The molecule has 0 aromatic heterocycles. The summed E-state index contributed by atoms with van der Waals surface area (Å²) in [6.45, 7) is 5.38. The van der Waals surface area contributed by atoms with Crippen molar-refractivity contribution in [1.29, 1.82) is 0 Å². The van der Waals surface area contributed by atoms with E-state index >= 15 is 0 Å². The monoisotopic (exact) mass is 586 g/mol. The van der Waals surface area contributed by atoms with Crippen LogP contribution in [0.2, 0.25) is 0 Å². The van der Waals surface area contributed by atoms with Gasteiger partial charge >= 0.3 is 5.97 Å². The highest BCUT2D eigenvalue weighted by atomic mass is 16.7. The van der Waals surface area contributed by atoms with E-state index in [0.29, 0.717) is 25.7 Å². The van der Waals surface area contributed by atoms with Crippen LogP contribution in [-0.2, 0) is 9.53 Å². The molecule has 4 aliphatic carbocycles. The normalized spacial score (nSPS) is 55.9. The Morgan fingerprint density at radius 2 is 1.61 bits per heavy atom. The topological polar surface area (TPSA) is 208 Å². The Balaban J connectivity index is 1.53. The first-order valence-corrected chi connectivity index (χ1v) is 15.4. The van der Waals surface area contributed by atoms with Crippen LogP contribution < -0.4 is 0 Å². The lowest BCUT2D eigenvalue weighted by Crippen LogP contribution is -2.73. The Hall–Kier alpha value is -0.890. The summed E-state index contributed by atoms with van der Waals surface area (Å²) in [6.07, 6.45) is -5.81. The van der Waals surface area contributed by atoms with Gasteiger partial charge in [0.25, 0.3) is 0 Å². The number of ether oxygens (including phenoxy) is 1. The molecule has 1 heterocycles. The van der Waals surface area contributed by atoms with E-state index in [1.54, 1.807) is 0 Å². The smallest absolute Gasteiger partial charge is 0.303 e. The largest absolute Gasteiger partial charge is 0.481 e. The third-order valence-electron chi connectivity index (χ3n) is 13.0. The van der Waals surface area contributed by atoms with Gasteiger partial charge in [-0.1, -0.05) is 20.8 Å². The van der Waals surface area contributed by atoms with Gasteiger partial charge in [0.2, 0.25) is 0 Å². The summed E-state index contributed by atoms with van der Waals surface area (Å²) in [6, 6.07) is 0. The van der Waals surface area contributed by atoms with E-state index in [2.05, 4.69) is 6.92 Å². The van der Waals surface area contributed by atoms with Gasteiger partial charge in [0.1, 0.15) is 24.4 Å². The molecular formula is C30H50O11. The first kappa shape index (κ1) is 31.5. The Morgan fingerprint density at radius 1 is 0.927 bits per heavy atom. The van der Waals surface area contributed by atoms with Crippen molar-refractivity contribution in [2.75, 3.05) is 6.61 Å². The third-order valence-corrected chi connectivity index (χ3v) is 13.0. The predicted octanol–water partition coefficient (Wildman–Crippen LogP) is -0.163. The van der Waals surface area contributed by atoms with Gasteiger partial charge in [0.15, 0.2) is 5.79 Å². The maximum absolute atomic E-state index is 12.0. The Morgan fingerprint density at radius 3 is 2.24 bits per heavy atom. The zero-order valence-corrected chi connectivity index (χ0v) is 24.3. The lowest BCUT2D eigenvalue weighted by molar-refractivity contribution is -0.394. The Bertz CT molecular complexity index is 978. The van der Waals surface area contributed by atoms with Gasteiger partial charge in [-0.3, -0.25) is 4.79 Å². The molecule has 17 atom stereocenters. The average Bonchev–Trinajstić information content (AvgIpc) is 3.27. The second-order valence-corrected chi connectivity index (χ2v) is 14.6. The average molecular weight is 587 g/mol. The maximum atomic E-state index is 12.0. The standard InChI is InChI=1S/C30H50O11/c1-13(4-7-23(35)36)16-5-6-17-24-18(11-22(34)29(16,17)3)28(2)14(9-19(24)33)8-15(32)10-21(28)30(40)27(39)26(38)25(37)20(12-31)41-30/h13-22,24-27,31-34,37-40H,4-12H2,1-3H3,(H,35,36)/t13?,14?,15?,16?,17?,18?,19?,20-,21?,22?,24?,25+,26+,27-,28?,29?,30-/m1/s1. The second-order valence-electron chi connectivity index (χ2n) is 14.6. The molecule has 0 radical (unpaired) electrons. The van der Waals surface area contributed by atoms with Crippen LogP contribution in [0.3, 0.4) is 0 Å². The lowest BCUT2D eigenvalue weighted by atomic mass is 9.40. The van der Waals surface area contributed by atoms with Crippen molar-refractivity contribution in [1.82, 2.24) is 0 Å². The summed E-state index contributed by atoms with van der Waals surface area (Å²) >= 11 is 0. The van der Waals surface area contributed by atoms with Crippen molar-refractivity contribution >= 4 is 5.97 Å². The summed E-state index contributed by atoms with van der Waals surface area (Å²) in [7, 11) is 0. The van der Waals surface area contributed by atoms with Gasteiger partial charge in [-0.05, 0) is 91.3 Å². The molecule has 0 amide bonds. The number of carboxylic acids is 1. The number of rotatable bonds is 6. The summed E-state index contributed by atoms with van der Waals surface area (Å²) < 4.78 is 5.82. The van der Waals surface area contributed by atoms with Crippen LogP contribution in [0.25, 0.3) is 0 Å². The van der Waals surface area contributed by atoms with E-state index in [1.807, 2.05) is 13.8 Å². The fourth-order valence-corrected chi connectivity index (χ4v) is 10.9. The second kappa shape index (κ2) is 10.9. The van der Waals surface area contributed by atoms with E-state index in [-0.39, 0.29) is 48.3 Å². The quantitative estimate of drug-likeness (QED) is 0.200. The van der Waals surface area contributed by atoms with Crippen molar-refractivity contribution in [3.05, 3.63) is 0 Å². The van der Waals surface area contributed by atoms with Gasteiger partial charge in [0, 0.05) is 12.3 Å². The van der Waals surface area contributed by atoms with Crippen LogP contribution in [-0.4, -0.2) is 107 Å². The number of hydrogen-bond acceptors (Lipinski definition) is 10. The molecular weight excluding hydrogens is 536 g/mol. The first-order chi connectivity index (χ1) is 19.1. The highest BCUT2D eigenvalue weighted by Crippen LogP contribution is 2.70. The van der Waals surface area contributed by atoms with Crippen molar-refractivity contribution in [2.45, 2.75) is 121 Å². The highest BCUT2D eigenvalue weighted by Gasteiger charge is 2.71. The van der Waals surface area contributed by atoms with Crippen LogP contribution >= 0.6 is 0 Å². The fourth-order valence-electron chi connectivity index (χ4n) is 10.9. The fraction of sp³-hybridized carbons (Fsp3) is 0.967. The molecule has 0 spiro atoms. The number of carbonyl (C=O) groups is 1. The van der Waals surface area contributed by atoms with Crippen LogP contribution in [0.1, 0.15) is 72.1 Å². The minimum Gasteiger partial charge on any atom is -0.481 e. The van der Waals surface area contributed by atoms with Gasteiger partial charge in [-0.15, -0.1) is 0 Å². The Labute approximate surface area is 241 Å². The molecule has 41 heavy (non-hydrogen) atoms. The van der Waals surface area contributed by atoms with Crippen LogP contribution in [0.5, 0.6) is 0 Å². The zero-order chi connectivity index (χ0) is 30.2. The number of fused-ring (bicyclic) bond motifs is 5. The zero-order valence-electron chi connectivity index (χ0n) is 24.3. The van der Waals surface area contributed by atoms with E-state index in [4.69, 9.17) is 4.74 Å². The predicted molar refractivity (Wildman–Crippen MR) is 144 cm³/mol. The van der Waals surface area contributed by atoms with Crippen molar-refractivity contribution in [2.24, 2.45) is 52.3 Å². The SMILES string of the molecule is CC(CCC(=O)O)C1CCC2C3C(O)CC4CC(O)CC([C@@]5(O)O[C@H](CO)[C@H](O)[C@H](O)[C@H]5O)C4(C)C3CC(O)C12C. The molecule has 11 heteroatoms. The Kier molecular flexibility index (Phi) is 8.40. The van der Waals surface area contributed by atoms with E-state index < -0.39 is 77.8 Å². The highest BCUT2D eigenvalue weighted by molar-refractivity contribution is 5.66. The molecule has 12 unspecified atom stereocenters. The summed E-state index contributed by atoms with van der Waals surface area (Å²) in [5, 5.41) is 97.7. The number of aliphatic carboxylic acids is 1. The molecule has 4 saturated carbocycles. The number of hydrogen-bond donors (Lipinski definition) is 9. The van der Waals surface area contributed by atoms with E-state index in [1.165, 1.54) is 0 Å². The number of aliphatic hydroxyl groups is 8. The summed E-state index contributed by atoms with van der Waals surface area (Å²) in [5.74, 6) is -4.92. The summed E-state index contributed by atoms with van der Waals surface area (Å²) in [5.41, 5.74) is -1.37. The lowest BCUT2D eigenvalue weighted by Gasteiger charge is -2.67. The van der Waals surface area contributed by atoms with Crippen molar-refractivity contribution < 1.29 is 55.5 Å². The molecule has 0 aromatic carbocycles. The van der Waals surface area contributed by atoms with Crippen molar-refractivity contribution in [3.63, 3.8) is 0 Å². The molecule has 5 rings (SSSR count). The molecule has 11 nitrogen and oxygen atoms in total. The van der Waals surface area contributed by atoms with Gasteiger partial charge in [-0.2, -0.15) is 0 Å². The van der Waals surface area contributed by atoms with Gasteiger partial charge < -0.3 is 50.7 Å². The van der Waals surface area contributed by atoms with E-state index in [9.17, 15) is 50.8 Å². The first-order valence-electron chi connectivity index (χ1n) is 15.4. The van der Waals surface area contributed by atoms with Gasteiger partial charge in [0.05, 0.1) is 24.9 Å². The van der Waals surface area contributed by atoms with Crippen LogP contribution in [0.4, 0.5) is 0 Å². The molecule has 236 valence electrons. The molecule has 5 fully saturated rings. The van der Waals surface area contributed by atoms with Crippen LogP contribution in [0, 0.1) is 52.3 Å². The molecule has 1 aliphatic heterocycles. The molecule has 1 saturated heterocycles. The minimum atomic E-state index is -2.40. The van der Waals surface area contributed by atoms with E-state index in [0.717, 1.165) is 12.8 Å². The summed E-state index contributed by atoms with van der Waals surface area (Å²) in [4.78, 5) is 11.3. The molecule has 5 aliphatic rings. The number of aliphatic hydroxyl groups excluding tert-OH is 7. The molecule has 0 bridgehead atoms.